The van der Waals surface area contributed by atoms with Crippen molar-refractivity contribution < 1.29 is 22.7 Å². The smallest absolute Gasteiger partial charge is 0.352 e. The van der Waals surface area contributed by atoms with Crippen molar-refractivity contribution in [2.24, 2.45) is 7.05 Å². The summed E-state index contributed by atoms with van der Waals surface area (Å²) in [7, 11) is -2.57. The predicted octanol–water partition coefficient (Wildman–Crippen LogP) is 1.06. The number of aryl methyl sites for hydroxylation is 1. The minimum absolute atomic E-state index is 0.0628. The Kier molecular flexibility index (Phi) is 3.45. The van der Waals surface area contributed by atoms with Crippen LogP contribution < -0.4 is 4.72 Å². The van der Waals surface area contributed by atoms with Gasteiger partial charge in [0.2, 0.25) is 0 Å². The Morgan fingerprint density at radius 2 is 2.15 bits per heavy atom. The first-order valence-corrected chi connectivity index (χ1v) is 6.82. The Bertz CT molecular complexity index is 752. The van der Waals surface area contributed by atoms with Gasteiger partial charge in [-0.05, 0) is 18.2 Å². The second-order valence-corrected chi connectivity index (χ2v) is 5.63. The number of hydrogen-bond donors (Lipinski definition) is 2. The van der Waals surface area contributed by atoms with Gasteiger partial charge in [0.05, 0.1) is 6.20 Å². The summed E-state index contributed by atoms with van der Waals surface area (Å²) in [6.07, 6.45) is 2.03. The summed E-state index contributed by atoms with van der Waals surface area (Å²) in [6, 6.07) is 3.24. The van der Waals surface area contributed by atoms with Gasteiger partial charge in [-0.2, -0.15) is 0 Å². The highest BCUT2D eigenvalue weighted by Gasteiger charge is 2.20. The van der Waals surface area contributed by atoms with E-state index in [4.69, 9.17) is 5.11 Å². The molecule has 0 unspecified atom stereocenters. The number of carbonyl (C=O) groups is 1. The highest BCUT2D eigenvalue weighted by Crippen LogP contribution is 2.17. The Balaban J connectivity index is 2.33. The summed E-state index contributed by atoms with van der Waals surface area (Å²) >= 11 is 0. The third-order valence-corrected chi connectivity index (χ3v) is 3.80. The van der Waals surface area contributed by atoms with E-state index in [9.17, 15) is 17.6 Å². The van der Waals surface area contributed by atoms with Crippen LogP contribution in [-0.2, 0) is 17.1 Å². The molecule has 0 bridgehead atoms. The molecule has 0 fully saturated rings. The Morgan fingerprint density at radius 3 is 2.65 bits per heavy atom. The first-order chi connectivity index (χ1) is 9.29. The van der Waals surface area contributed by atoms with Crippen LogP contribution in [0.25, 0.3) is 0 Å². The average Bonchev–Trinajstić information content (AvgIpc) is 2.75. The van der Waals surface area contributed by atoms with E-state index in [-0.39, 0.29) is 16.4 Å². The van der Waals surface area contributed by atoms with Crippen molar-refractivity contribution in [2.45, 2.75) is 4.90 Å². The van der Waals surface area contributed by atoms with E-state index in [1.54, 1.807) is 0 Å². The van der Waals surface area contributed by atoms with Gasteiger partial charge in [-0.1, -0.05) is 0 Å². The number of nitrogens with zero attached hydrogens (tertiary/aromatic N) is 2. The molecule has 0 aliphatic carbocycles. The fraction of sp³-hybridized carbons (Fsp3) is 0.0909. The van der Waals surface area contributed by atoms with E-state index in [2.05, 4.69) is 9.71 Å². The quantitative estimate of drug-likeness (QED) is 0.879. The molecule has 0 aliphatic rings. The number of hydrogen-bond acceptors (Lipinski definition) is 4. The van der Waals surface area contributed by atoms with Crippen molar-refractivity contribution in [3.8, 4) is 0 Å². The summed E-state index contributed by atoms with van der Waals surface area (Å²) in [6.45, 7) is 0. The molecule has 2 aromatic heterocycles. The average molecular weight is 299 g/mol. The molecule has 7 nitrogen and oxygen atoms in total. The monoisotopic (exact) mass is 299 g/mol. The highest BCUT2D eigenvalue weighted by molar-refractivity contribution is 7.92. The molecular formula is C11H10FN3O4S. The van der Waals surface area contributed by atoms with Crippen molar-refractivity contribution in [1.29, 1.82) is 0 Å². The van der Waals surface area contributed by atoms with E-state index >= 15 is 0 Å². The van der Waals surface area contributed by atoms with Gasteiger partial charge in [-0.3, -0.25) is 4.72 Å². The number of aromatic carboxylic acids is 1. The molecule has 106 valence electrons. The van der Waals surface area contributed by atoms with E-state index in [1.165, 1.54) is 11.6 Å². The zero-order valence-electron chi connectivity index (χ0n) is 10.2. The second-order valence-electron chi connectivity index (χ2n) is 3.94. The standard InChI is InChI=1S/C11H10FN3O4S/c1-15-6-8(4-9(15)11(16)17)20(18,19)14-10-3-2-7(12)5-13-10/h2-6H,1H3,(H,13,14)(H,16,17). The molecule has 2 N–H and O–H groups in total. The van der Waals surface area contributed by atoms with Gasteiger partial charge in [0, 0.05) is 13.2 Å². The number of sulfonamides is 1. The van der Waals surface area contributed by atoms with Gasteiger partial charge in [0.15, 0.2) is 0 Å². The number of aromatic nitrogens is 2. The first kappa shape index (κ1) is 14.0. The van der Waals surface area contributed by atoms with Crippen LogP contribution in [0.4, 0.5) is 10.2 Å². The van der Waals surface area contributed by atoms with Crippen molar-refractivity contribution >= 4 is 21.8 Å². The number of halogens is 1. The molecule has 9 heteroatoms. The minimum atomic E-state index is -3.98. The van der Waals surface area contributed by atoms with Crippen LogP contribution in [0.5, 0.6) is 0 Å². The predicted molar refractivity (Wildman–Crippen MR) is 67.4 cm³/mol. The number of rotatable bonds is 4. The highest BCUT2D eigenvalue weighted by atomic mass is 32.2. The maximum absolute atomic E-state index is 12.7. The third kappa shape index (κ3) is 2.77. The maximum atomic E-state index is 12.7. The molecule has 0 radical (unpaired) electrons. The normalized spacial score (nSPS) is 11.3. The molecule has 2 rings (SSSR count). The molecule has 0 amide bonds. The van der Waals surface area contributed by atoms with Crippen molar-refractivity contribution in [3.63, 3.8) is 0 Å². The van der Waals surface area contributed by atoms with Crippen LogP contribution in [0.1, 0.15) is 10.5 Å². The lowest BCUT2D eigenvalue weighted by molar-refractivity contribution is 0.0686. The summed E-state index contributed by atoms with van der Waals surface area (Å²) in [5, 5.41) is 8.87. The summed E-state index contributed by atoms with van der Waals surface area (Å²) < 4.78 is 40.0. The van der Waals surface area contributed by atoms with Crippen LogP contribution in [0.3, 0.4) is 0 Å². The molecule has 0 aliphatic heterocycles. The summed E-state index contributed by atoms with van der Waals surface area (Å²) in [5.74, 6) is -1.90. The second kappa shape index (κ2) is 4.93. The number of nitrogens with one attached hydrogen (secondary N) is 1. The van der Waals surface area contributed by atoms with Gasteiger partial charge in [0.1, 0.15) is 22.2 Å². The Hall–Kier alpha value is -2.42. The lowest BCUT2D eigenvalue weighted by atomic mass is 10.4. The van der Waals surface area contributed by atoms with Crippen molar-refractivity contribution in [3.05, 3.63) is 42.1 Å². The Morgan fingerprint density at radius 1 is 1.45 bits per heavy atom. The minimum Gasteiger partial charge on any atom is -0.477 e. The molecular weight excluding hydrogens is 289 g/mol. The molecule has 20 heavy (non-hydrogen) atoms. The lowest BCUT2D eigenvalue weighted by Gasteiger charge is -2.04. The number of carboxylic acids is 1. The molecule has 0 atom stereocenters. The van der Waals surface area contributed by atoms with Crippen LogP contribution in [0.15, 0.2) is 35.5 Å². The zero-order valence-corrected chi connectivity index (χ0v) is 11.1. The first-order valence-electron chi connectivity index (χ1n) is 5.33. The lowest BCUT2D eigenvalue weighted by Crippen LogP contribution is -2.13. The fourth-order valence-electron chi connectivity index (χ4n) is 1.53. The maximum Gasteiger partial charge on any atom is 0.352 e. The van der Waals surface area contributed by atoms with Gasteiger partial charge >= 0.3 is 5.97 Å². The zero-order chi connectivity index (χ0) is 14.9. The van der Waals surface area contributed by atoms with Crippen LogP contribution in [-0.4, -0.2) is 29.0 Å². The molecule has 0 saturated heterocycles. The van der Waals surface area contributed by atoms with Gasteiger partial charge in [-0.15, -0.1) is 0 Å². The largest absolute Gasteiger partial charge is 0.477 e. The Labute approximate surface area is 113 Å². The fourth-order valence-corrected chi connectivity index (χ4v) is 2.60. The van der Waals surface area contributed by atoms with E-state index in [1.807, 2.05) is 0 Å². The topological polar surface area (TPSA) is 101 Å². The van der Waals surface area contributed by atoms with Crippen molar-refractivity contribution in [1.82, 2.24) is 9.55 Å². The van der Waals surface area contributed by atoms with E-state index in [0.717, 1.165) is 30.6 Å². The number of anilines is 1. The molecule has 0 aromatic carbocycles. The van der Waals surface area contributed by atoms with Gasteiger partial charge in [0.25, 0.3) is 10.0 Å². The van der Waals surface area contributed by atoms with Crippen LogP contribution in [0, 0.1) is 5.82 Å². The molecule has 2 aromatic rings. The van der Waals surface area contributed by atoms with Gasteiger partial charge in [-0.25, -0.2) is 22.6 Å². The molecule has 2 heterocycles. The molecule has 0 saturated carbocycles. The van der Waals surface area contributed by atoms with E-state index < -0.39 is 21.8 Å². The van der Waals surface area contributed by atoms with E-state index in [0.29, 0.717) is 0 Å². The van der Waals surface area contributed by atoms with Crippen LogP contribution in [0.2, 0.25) is 0 Å². The van der Waals surface area contributed by atoms with Gasteiger partial charge < -0.3 is 9.67 Å². The number of pyridine rings is 1. The molecule has 0 spiro atoms. The summed E-state index contributed by atoms with van der Waals surface area (Å²) in [4.78, 5) is 14.2. The van der Waals surface area contributed by atoms with Crippen LogP contribution >= 0.6 is 0 Å². The third-order valence-electron chi connectivity index (χ3n) is 2.48. The van der Waals surface area contributed by atoms with Crippen molar-refractivity contribution in [2.75, 3.05) is 4.72 Å². The SMILES string of the molecule is Cn1cc(S(=O)(=O)Nc2ccc(F)cn2)cc1C(=O)O. The number of carboxylic acid groups (broad SMARTS) is 1. The summed E-state index contributed by atoms with van der Waals surface area (Å²) in [5.41, 5.74) is -0.169.